The van der Waals surface area contributed by atoms with E-state index in [-0.39, 0.29) is 41.0 Å². The van der Waals surface area contributed by atoms with E-state index in [1.807, 2.05) is 0 Å². The zero-order chi connectivity index (χ0) is 26.6. The minimum atomic E-state index is -3.94. The number of methoxy groups -OCH3 is 1. The van der Waals surface area contributed by atoms with Gasteiger partial charge < -0.3 is 14.8 Å². The number of rotatable bonds is 8. The summed E-state index contributed by atoms with van der Waals surface area (Å²) in [7, 11) is -2.67. The Labute approximate surface area is 225 Å². The number of sulfonamides is 1. The maximum absolute atomic E-state index is 12.8. The molecule has 38 heavy (non-hydrogen) atoms. The van der Waals surface area contributed by atoms with Gasteiger partial charge in [-0.3, -0.25) is 4.98 Å². The van der Waals surface area contributed by atoms with Gasteiger partial charge in [-0.25, -0.2) is 32.7 Å². The zero-order valence-corrected chi connectivity index (χ0v) is 22.2. The van der Waals surface area contributed by atoms with Crippen molar-refractivity contribution in [3.63, 3.8) is 0 Å². The first-order chi connectivity index (χ1) is 17.7. The summed E-state index contributed by atoms with van der Waals surface area (Å²) >= 11 is 0. The van der Waals surface area contributed by atoms with Crippen molar-refractivity contribution in [2.45, 2.75) is 18.7 Å². The second-order valence-corrected chi connectivity index (χ2v) is 9.45. The number of nitrogens with zero attached hydrogens (tertiary/aromatic N) is 3. The molecule has 0 amide bonds. The number of carbonyl (C=O) groups excluding carboxylic acids is 2. The molecule has 0 unspecified atom stereocenters. The van der Waals surface area contributed by atoms with E-state index in [0.717, 1.165) is 0 Å². The van der Waals surface area contributed by atoms with Crippen molar-refractivity contribution < 1.29 is 27.5 Å². The van der Waals surface area contributed by atoms with Crippen LogP contribution in [0.1, 0.15) is 33.3 Å². The number of hydrogen-bond donors (Lipinski definition) is 2. The fraction of sp³-hybridized carbons (Fsp3) is 0.160. The number of aromatic nitrogens is 3. The molecular weight excluding hydrogens is 534 g/mol. The lowest BCUT2D eigenvalue weighted by Gasteiger charge is -2.15. The van der Waals surface area contributed by atoms with Gasteiger partial charge in [-0.2, -0.15) is 0 Å². The number of fused-ring (bicyclic) bond motifs is 1. The summed E-state index contributed by atoms with van der Waals surface area (Å²) < 4.78 is 37.9. The highest BCUT2D eigenvalue weighted by Crippen LogP contribution is 2.31. The van der Waals surface area contributed by atoms with E-state index in [1.165, 1.54) is 43.8 Å². The van der Waals surface area contributed by atoms with Crippen molar-refractivity contribution in [1.82, 2.24) is 15.0 Å². The lowest BCUT2D eigenvalue weighted by molar-refractivity contribution is 0.0526. The van der Waals surface area contributed by atoms with Crippen molar-refractivity contribution in [2.75, 3.05) is 23.8 Å². The molecule has 2 N–H and O–H groups in total. The van der Waals surface area contributed by atoms with Crippen molar-refractivity contribution in [3.05, 3.63) is 77.7 Å². The maximum atomic E-state index is 12.8. The lowest BCUT2D eigenvalue weighted by Crippen LogP contribution is -2.15. The minimum absolute atomic E-state index is 0. The first kappa shape index (κ1) is 28.3. The van der Waals surface area contributed by atoms with E-state index in [0.29, 0.717) is 28.0 Å². The van der Waals surface area contributed by atoms with E-state index in [9.17, 15) is 18.0 Å². The van der Waals surface area contributed by atoms with Crippen LogP contribution in [0.25, 0.3) is 10.9 Å². The van der Waals surface area contributed by atoms with Gasteiger partial charge in [-0.05, 0) is 62.4 Å². The van der Waals surface area contributed by atoms with Gasteiger partial charge in [-0.1, -0.05) is 0 Å². The summed E-state index contributed by atoms with van der Waals surface area (Å²) in [5.41, 5.74) is 2.37. The number of halogens is 1. The Morgan fingerprint density at radius 2 is 1.74 bits per heavy atom. The number of hydrogen-bond acceptors (Lipinski definition) is 10. The fourth-order valence-electron chi connectivity index (χ4n) is 3.47. The van der Waals surface area contributed by atoms with Crippen molar-refractivity contribution in [3.8, 4) is 0 Å². The second-order valence-electron chi connectivity index (χ2n) is 7.77. The summed E-state index contributed by atoms with van der Waals surface area (Å²) in [6.07, 6.45) is 2.84. The van der Waals surface area contributed by atoms with Crippen LogP contribution in [-0.4, -0.2) is 49.0 Å². The molecule has 0 aliphatic heterocycles. The van der Waals surface area contributed by atoms with Gasteiger partial charge in [0.15, 0.2) is 0 Å². The van der Waals surface area contributed by atoms with E-state index in [4.69, 9.17) is 9.47 Å². The minimum Gasteiger partial charge on any atom is -0.465 e. The Balaban J connectivity index is 0.00000400. The summed E-state index contributed by atoms with van der Waals surface area (Å²) in [4.78, 5) is 37.0. The summed E-state index contributed by atoms with van der Waals surface area (Å²) in [5, 5.41) is 3.62. The van der Waals surface area contributed by atoms with Gasteiger partial charge >= 0.3 is 11.9 Å². The van der Waals surface area contributed by atoms with E-state index in [1.54, 1.807) is 38.1 Å². The normalized spacial score (nSPS) is 10.8. The smallest absolute Gasteiger partial charge is 0.341 e. The third-order valence-electron chi connectivity index (χ3n) is 5.24. The highest BCUT2D eigenvalue weighted by molar-refractivity contribution is 7.92. The highest BCUT2D eigenvalue weighted by Gasteiger charge is 2.20. The Morgan fingerprint density at radius 3 is 2.39 bits per heavy atom. The monoisotopic (exact) mass is 557 g/mol. The predicted molar refractivity (Wildman–Crippen MR) is 144 cm³/mol. The Morgan fingerprint density at radius 1 is 1.00 bits per heavy atom. The average molecular weight is 558 g/mol. The van der Waals surface area contributed by atoms with Crippen molar-refractivity contribution in [2.24, 2.45) is 0 Å². The SMILES string of the molecule is CCOC(=O)c1cnc2ccc(C(=O)OC)cc2c1Nc1ccc(S(=O)(=O)Nc2nccc(C)n2)cc1.Cl. The highest BCUT2D eigenvalue weighted by atomic mass is 35.5. The standard InChI is InChI=1S/C25H23N5O6S.ClH/c1-4-36-24(32)20-14-27-21-10-5-16(23(31)35-3)13-19(21)22(20)29-17-6-8-18(9-7-17)37(33,34)30-25-26-12-11-15(2)28-25;/h5-14H,4H2,1-3H3,(H,27,29)(H,26,28,30);1H. The van der Waals surface area contributed by atoms with Gasteiger partial charge in [0.2, 0.25) is 5.95 Å². The molecule has 2 heterocycles. The quantitative estimate of drug-likeness (QED) is 0.301. The van der Waals surface area contributed by atoms with Crippen LogP contribution >= 0.6 is 12.4 Å². The molecule has 0 fully saturated rings. The number of ether oxygens (including phenoxy) is 2. The summed E-state index contributed by atoms with van der Waals surface area (Å²) in [6, 6.07) is 12.3. The molecule has 0 saturated heterocycles. The molecule has 13 heteroatoms. The Hall–Kier alpha value is -4.29. The molecule has 0 bridgehead atoms. The van der Waals surface area contributed by atoms with Crippen molar-refractivity contribution >= 4 is 62.6 Å². The lowest BCUT2D eigenvalue weighted by atomic mass is 10.1. The van der Waals surface area contributed by atoms with Crippen LogP contribution < -0.4 is 10.0 Å². The molecule has 0 aliphatic rings. The summed E-state index contributed by atoms with van der Waals surface area (Å²) in [6.45, 7) is 3.56. The third kappa shape index (κ3) is 6.15. The molecule has 4 aromatic rings. The fourth-order valence-corrected chi connectivity index (χ4v) is 4.43. The molecule has 11 nitrogen and oxygen atoms in total. The Bertz CT molecular complexity index is 1600. The number of aryl methyl sites for hydroxylation is 1. The summed E-state index contributed by atoms with van der Waals surface area (Å²) in [5.74, 6) is -1.19. The third-order valence-corrected chi connectivity index (χ3v) is 6.58. The molecule has 0 spiro atoms. The van der Waals surface area contributed by atoms with Gasteiger partial charge in [0.05, 0.1) is 35.4 Å². The number of benzene rings is 2. The number of nitrogens with one attached hydrogen (secondary N) is 2. The molecule has 2 aromatic carbocycles. The van der Waals surface area contributed by atoms with E-state index in [2.05, 4.69) is 25.0 Å². The van der Waals surface area contributed by atoms with Crippen LogP contribution in [-0.2, 0) is 19.5 Å². The number of anilines is 3. The average Bonchev–Trinajstić information content (AvgIpc) is 2.88. The van der Waals surface area contributed by atoms with Crippen LogP contribution in [0.3, 0.4) is 0 Å². The Kier molecular flexibility index (Phi) is 8.81. The molecule has 2 aromatic heterocycles. The molecule has 0 radical (unpaired) electrons. The zero-order valence-electron chi connectivity index (χ0n) is 20.6. The molecule has 4 rings (SSSR count). The van der Waals surface area contributed by atoms with Crippen LogP contribution in [0.4, 0.5) is 17.3 Å². The van der Waals surface area contributed by atoms with Crippen LogP contribution in [0.2, 0.25) is 0 Å². The topological polar surface area (TPSA) is 149 Å². The second kappa shape index (κ2) is 11.8. The van der Waals surface area contributed by atoms with Crippen LogP contribution in [0.15, 0.2) is 65.8 Å². The molecule has 0 atom stereocenters. The van der Waals surface area contributed by atoms with E-state index >= 15 is 0 Å². The van der Waals surface area contributed by atoms with Gasteiger partial charge in [-0.15, -0.1) is 12.4 Å². The first-order valence-corrected chi connectivity index (χ1v) is 12.6. The van der Waals surface area contributed by atoms with Gasteiger partial charge in [0.1, 0.15) is 5.56 Å². The molecular formula is C25H24ClN5O6S. The largest absolute Gasteiger partial charge is 0.465 e. The molecule has 0 aliphatic carbocycles. The van der Waals surface area contributed by atoms with Crippen LogP contribution in [0, 0.1) is 6.92 Å². The van der Waals surface area contributed by atoms with Crippen LogP contribution in [0.5, 0.6) is 0 Å². The molecule has 0 saturated carbocycles. The predicted octanol–water partition coefficient (Wildman–Crippen LogP) is 4.26. The molecule has 198 valence electrons. The van der Waals surface area contributed by atoms with Gasteiger partial charge in [0, 0.05) is 29.2 Å². The maximum Gasteiger partial charge on any atom is 0.341 e. The number of carbonyl (C=O) groups is 2. The number of esters is 2. The number of pyridine rings is 1. The first-order valence-electron chi connectivity index (χ1n) is 11.1. The van der Waals surface area contributed by atoms with Gasteiger partial charge in [0.25, 0.3) is 10.0 Å². The van der Waals surface area contributed by atoms with Crippen molar-refractivity contribution in [1.29, 1.82) is 0 Å². The van der Waals surface area contributed by atoms with E-state index < -0.39 is 22.0 Å².